The van der Waals surface area contributed by atoms with Crippen molar-refractivity contribution in [1.82, 2.24) is 4.90 Å². The van der Waals surface area contributed by atoms with E-state index < -0.39 is 10.0 Å². The molecule has 1 heterocycles. The molecule has 7 nitrogen and oxygen atoms in total. The van der Waals surface area contributed by atoms with E-state index in [0.29, 0.717) is 41.5 Å². The zero-order valence-corrected chi connectivity index (χ0v) is 17.5. The molecular formula is C20H22ClN3O4S. The lowest BCUT2D eigenvalue weighted by atomic mass is 9.96. The normalized spacial score (nSPS) is 16.9. The highest BCUT2D eigenvalue weighted by Gasteiger charge is 2.29. The van der Waals surface area contributed by atoms with E-state index in [2.05, 4.69) is 10.0 Å². The summed E-state index contributed by atoms with van der Waals surface area (Å²) < 4.78 is 25.1. The van der Waals surface area contributed by atoms with Crippen LogP contribution >= 0.6 is 11.6 Å². The standard InChI is InChI=1S/C20H22ClN3O4S/c1-29(27,28)23-18-6-2-5-17(12-18)22-19(25)15-4-3-11-24(13-15)20(26)14-7-9-16(21)10-8-14/h2,5-10,12,15,23H,3-4,11,13H2,1H3,(H,22,25). The van der Waals surface area contributed by atoms with Gasteiger partial charge in [0.25, 0.3) is 5.91 Å². The summed E-state index contributed by atoms with van der Waals surface area (Å²) in [7, 11) is -3.40. The Morgan fingerprint density at radius 2 is 1.79 bits per heavy atom. The highest BCUT2D eigenvalue weighted by atomic mass is 35.5. The third kappa shape index (κ3) is 5.95. The maximum absolute atomic E-state index is 12.7. The van der Waals surface area contributed by atoms with Crippen LogP contribution in [-0.2, 0) is 14.8 Å². The summed E-state index contributed by atoms with van der Waals surface area (Å²) >= 11 is 5.87. The molecule has 0 aromatic heterocycles. The van der Waals surface area contributed by atoms with Crippen molar-refractivity contribution in [2.75, 3.05) is 29.4 Å². The van der Waals surface area contributed by atoms with Crippen LogP contribution < -0.4 is 10.0 Å². The first kappa shape index (κ1) is 21.1. The van der Waals surface area contributed by atoms with E-state index in [1.165, 1.54) is 0 Å². The average molecular weight is 436 g/mol. The summed E-state index contributed by atoms with van der Waals surface area (Å²) in [4.78, 5) is 27.1. The van der Waals surface area contributed by atoms with E-state index in [0.717, 1.165) is 12.7 Å². The Labute approximate surface area is 175 Å². The summed E-state index contributed by atoms with van der Waals surface area (Å²) in [6.07, 6.45) is 2.47. The molecule has 0 aliphatic carbocycles. The lowest BCUT2D eigenvalue weighted by Crippen LogP contribution is -2.43. The second-order valence-corrected chi connectivity index (χ2v) is 9.23. The van der Waals surface area contributed by atoms with Crippen LogP contribution in [0.1, 0.15) is 23.2 Å². The number of hydrogen-bond donors (Lipinski definition) is 2. The average Bonchev–Trinajstić information content (AvgIpc) is 2.67. The second-order valence-electron chi connectivity index (χ2n) is 7.04. The fourth-order valence-electron chi connectivity index (χ4n) is 3.27. The third-order valence-electron chi connectivity index (χ3n) is 4.60. The van der Waals surface area contributed by atoms with Gasteiger partial charge in [-0.2, -0.15) is 0 Å². The monoisotopic (exact) mass is 435 g/mol. The number of likely N-dealkylation sites (tertiary alicyclic amines) is 1. The van der Waals surface area contributed by atoms with Gasteiger partial charge in [0, 0.05) is 29.4 Å². The number of nitrogens with zero attached hydrogens (tertiary/aromatic N) is 1. The minimum Gasteiger partial charge on any atom is -0.338 e. The first-order valence-electron chi connectivity index (χ1n) is 9.15. The molecule has 0 bridgehead atoms. The van der Waals surface area contributed by atoms with Crippen molar-refractivity contribution < 1.29 is 18.0 Å². The molecule has 0 radical (unpaired) electrons. The van der Waals surface area contributed by atoms with E-state index in [9.17, 15) is 18.0 Å². The SMILES string of the molecule is CS(=O)(=O)Nc1cccc(NC(=O)C2CCCN(C(=O)c3ccc(Cl)cc3)C2)c1. The predicted octanol–water partition coefficient (Wildman–Crippen LogP) is 3.20. The van der Waals surface area contributed by atoms with Gasteiger partial charge in [-0.3, -0.25) is 14.3 Å². The Kier molecular flexibility index (Phi) is 6.44. The molecule has 9 heteroatoms. The molecule has 1 atom stereocenters. The lowest BCUT2D eigenvalue weighted by molar-refractivity contribution is -0.121. The van der Waals surface area contributed by atoms with Crippen molar-refractivity contribution in [3.05, 3.63) is 59.1 Å². The number of rotatable bonds is 5. The topological polar surface area (TPSA) is 95.6 Å². The number of carbonyl (C=O) groups excluding carboxylic acids is 2. The van der Waals surface area contributed by atoms with E-state index in [4.69, 9.17) is 11.6 Å². The zero-order chi connectivity index (χ0) is 21.0. The molecular weight excluding hydrogens is 414 g/mol. The van der Waals surface area contributed by atoms with Gasteiger partial charge in [-0.05, 0) is 55.3 Å². The minimum atomic E-state index is -3.40. The van der Waals surface area contributed by atoms with Crippen LogP contribution in [0.15, 0.2) is 48.5 Å². The Hall–Kier alpha value is -2.58. The van der Waals surface area contributed by atoms with Crippen molar-refractivity contribution in [2.24, 2.45) is 5.92 Å². The van der Waals surface area contributed by atoms with Gasteiger partial charge in [-0.25, -0.2) is 8.42 Å². The molecule has 0 saturated carbocycles. The van der Waals surface area contributed by atoms with Crippen LogP contribution in [0.4, 0.5) is 11.4 Å². The van der Waals surface area contributed by atoms with E-state index in [1.54, 1.807) is 53.4 Å². The number of amides is 2. The molecule has 1 saturated heterocycles. The number of nitrogens with one attached hydrogen (secondary N) is 2. The third-order valence-corrected chi connectivity index (χ3v) is 5.46. The number of anilines is 2. The van der Waals surface area contributed by atoms with E-state index in [1.807, 2.05) is 0 Å². The van der Waals surface area contributed by atoms with Crippen LogP contribution in [0.5, 0.6) is 0 Å². The fourth-order valence-corrected chi connectivity index (χ4v) is 3.95. The molecule has 2 amide bonds. The van der Waals surface area contributed by atoms with Gasteiger partial charge in [-0.15, -0.1) is 0 Å². The number of carbonyl (C=O) groups is 2. The van der Waals surface area contributed by atoms with Crippen LogP contribution in [-0.4, -0.2) is 44.5 Å². The Morgan fingerprint density at radius 1 is 1.10 bits per heavy atom. The van der Waals surface area contributed by atoms with Gasteiger partial charge in [0.1, 0.15) is 0 Å². The highest BCUT2D eigenvalue weighted by Crippen LogP contribution is 2.22. The lowest BCUT2D eigenvalue weighted by Gasteiger charge is -2.32. The zero-order valence-electron chi connectivity index (χ0n) is 15.9. The van der Waals surface area contributed by atoms with Gasteiger partial charge in [-0.1, -0.05) is 17.7 Å². The quantitative estimate of drug-likeness (QED) is 0.753. The molecule has 1 unspecified atom stereocenters. The maximum atomic E-state index is 12.7. The predicted molar refractivity (Wildman–Crippen MR) is 114 cm³/mol. The Balaban J connectivity index is 1.64. The molecule has 0 spiro atoms. The van der Waals surface area contributed by atoms with Crippen molar-refractivity contribution >= 4 is 44.8 Å². The first-order valence-corrected chi connectivity index (χ1v) is 11.4. The van der Waals surface area contributed by atoms with E-state index >= 15 is 0 Å². The van der Waals surface area contributed by atoms with Gasteiger partial charge >= 0.3 is 0 Å². The van der Waals surface area contributed by atoms with Crippen LogP contribution in [0.3, 0.4) is 0 Å². The van der Waals surface area contributed by atoms with Crippen molar-refractivity contribution in [3.63, 3.8) is 0 Å². The summed E-state index contributed by atoms with van der Waals surface area (Å²) in [5.74, 6) is -0.667. The summed E-state index contributed by atoms with van der Waals surface area (Å²) in [6, 6.07) is 13.2. The Bertz CT molecular complexity index is 1010. The number of hydrogen-bond acceptors (Lipinski definition) is 4. The van der Waals surface area contributed by atoms with Crippen LogP contribution in [0.25, 0.3) is 0 Å². The van der Waals surface area contributed by atoms with Crippen LogP contribution in [0, 0.1) is 5.92 Å². The van der Waals surface area contributed by atoms with E-state index in [-0.39, 0.29) is 17.7 Å². The van der Waals surface area contributed by atoms with Crippen molar-refractivity contribution in [3.8, 4) is 0 Å². The molecule has 1 aliphatic rings. The Morgan fingerprint density at radius 3 is 2.48 bits per heavy atom. The molecule has 1 fully saturated rings. The molecule has 2 aromatic carbocycles. The van der Waals surface area contributed by atoms with Gasteiger partial charge in [0.2, 0.25) is 15.9 Å². The second kappa shape index (κ2) is 8.84. The molecule has 1 aliphatic heterocycles. The van der Waals surface area contributed by atoms with Gasteiger partial charge in [0.15, 0.2) is 0 Å². The van der Waals surface area contributed by atoms with Crippen LogP contribution in [0.2, 0.25) is 5.02 Å². The highest BCUT2D eigenvalue weighted by molar-refractivity contribution is 7.92. The van der Waals surface area contributed by atoms with Crippen molar-refractivity contribution in [1.29, 1.82) is 0 Å². The molecule has 29 heavy (non-hydrogen) atoms. The largest absolute Gasteiger partial charge is 0.338 e. The molecule has 3 rings (SSSR count). The molecule has 2 aromatic rings. The minimum absolute atomic E-state index is 0.126. The number of piperidine rings is 1. The summed E-state index contributed by atoms with van der Waals surface area (Å²) in [5, 5.41) is 3.38. The smallest absolute Gasteiger partial charge is 0.253 e. The number of benzene rings is 2. The van der Waals surface area contributed by atoms with Crippen molar-refractivity contribution in [2.45, 2.75) is 12.8 Å². The molecule has 154 valence electrons. The first-order chi connectivity index (χ1) is 13.7. The molecule has 2 N–H and O–H groups in total. The number of sulfonamides is 1. The maximum Gasteiger partial charge on any atom is 0.253 e. The fraction of sp³-hybridized carbons (Fsp3) is 0.300. The van der Waals surface area contributed by atoms with Gasteiger partial charge < -0.3 is 10.2 Å². The summed E-state index contributed by atoms with van der Waals surface area (Å²) in [6.45, 7) is 0.924. The summed E-state index contributed by atoms with van der Waals surface area (Å²) in [5.41, 5.74) is 1.40. The van der Waals surface area contributed by atoms with Gasteiger partial charge in [0.05, 0.1) is 17.9 Å². The number of halogens is 1.